The zero-order valence-corrected chi connectivity index (χ0v) is 14.1. The van der Waals surface area contributed by atoms with Crippen molar-refractivity contribution in [3.8, 4) is 22.8 Å². The van der Waals surface area contributed by atoms with Crippen molar-refractivity contribution < 1.29 is 13.9 Å². The third kappa shape index (κ3) is 3.37. The third-order valence-electron chi connectivity index (χ3n) is 3.80. The van der Waals surface area contributed by atoms with Crippen LogP contribution < -0.4 is 15.2 Å². The Morgan fingerprint density at radius 1 is 1.20 bits per heavy atom. The van der Waals surface area contributed by atoms with Crippen LogP contribution in [0.3, 0.4) is 0 Å². The van der Waals surface area contributed by atoms with Crippen molar-refractivity contribution >= 4 is 5.82 Å². The summed E-state index contributed by atoms with van der Waals surface area (Å²) in [5, 5.41) is 6.87. The van der Waals surface area contributed by atoms with Crippen LogP contribution in [0.1, 0.15) is 24.3 Å². The Labute approximate surface area is 144 Å². The predicted molar refractivity (Wildman–Crippen MR) is 90.8 cm³/mol. The lowest BCUT2D eigenvalue weighted by molar-refractivity contribution is 0.219. The van der Waals surface area contributed by atoms with Gasteiger partial charge in [-0.3, -0.25) is 5.10 Å². The molecule has 0 aromatic carbocycles. The molecule has 0 bridgehead atoms. The molecule has 0 aliphatic rings. The number of nitrogens with zero attached hydrogens (tertiary/aromatic N) is 3. The average Bonchev–Trinajstić information content (AvgIpc) is 3.02. The van der Waals surface area contributed by atoms with Crippen molar-refractivity contribution in [2.45, 2.75) is 20.0 Å². The fourth-order valence-corrected chi connectivity index (χ4v) is 2.50. The Morgan fingerprint density at radius 2 is 2.00 bits per heavy atom. The number of anilines is 1. The lowest BCUT2D eigenvalue weighted by Gasteiger charge is -2.18. The average molecular weight is 343 g/mol. The van der Waals surface area contributed by atoms with Crippen LogP contribution in [0.2, 0.25) is 0 Å². The van der Waals surface area contributed by atoms with E-state index >= 15 is 0 Å². The first-order valence-electron chi connectivity index (χ1n) is 7.61. The Bertz CT molecular complexity index is 896. The van der Waals surface area contributed by atoms with Crippen LogP contribution in [0.15, 0.2) is 30.7 Å². The van der Waals surface area contributed by atoms with Crippen LogP contribution in [0.5, 0.6) is 11.6 Å². The number of aromatic nitrogens is 4. The van der Waals surface area contributed by atoms with Gasteiger partial charge in [0.25, 0.3) is 0 Å². The van der Waals surface area contributed by atoms with Gasteiger partial charge in [-0.15, -0.1) is 0 Å². The van der Waals surface area contributed by atoms with Crippen molar-refractivity contribution in [3.63, 3.8) is 0 Å². The quantitative estimate of drug-likeness (QED) is 0.739. The van der Waals surface area contributed by atoms with E-state index in [2.05, 4.69) is 20.2 Å². The minimum Gasteiger partial charge on any atom is -0.482 e. The minimum atomic E-state index is -0.539. The predicted octanol–water partition coefficient (Wildman–Crippen LogP) is 3.05. The molecule has 0 saturated heterocycles. The number of nitrogens with one attached hydrogen (secondary N) is 1. The summed E-state index contributed by atoms with van der Waals surface area (Å²) in [6.07, 6.45) is 3.90. The third-order valence-corrected chi connectivity index (χ3v) is 3.80. The van der Waals surface area contributed by atoms with Gasteiger partial charge in [0.2, 0.25) is 5.88 Å². The number of nitrogens with two attached hydrogens (primary N) is 1. The molecule has 1 atom stereocenters. The van der Waals surface area contributed by atoms with Crippen LogP contribution in [0, 0.1) is 12.7 Å². The number of methoxy groups -OCH3 is 1. The highest BCUT2D eigenvalue weighted by Crippen LogP contribution is 2.33. The molecule has 0 radical (unpaired) electrons. The summed E-state index contributed by atoms with van der Waals surface area (Å²) in [7, 11) is 1.47. The summed E-state index contributed by atoms with van der Waals surface area (Å²) in [4.78, 5) is 8.09. The van der Waals surface area contributed by atoms with E-state index in [0.29, 0.717) is 17.2 Å². The van der Waals surface area contributed by atoms with Gasteiger partial charge in [0, 0.05) is 23.0 Å². The molecule has 0 spiro atoms. The number of pyridine rings is 2. The van der Waals surface area contributed by atoms with Gasteiger partial charge in [0.15, 0.2) is 11.6 Å². The molecule has 0 aliphatic heterocycles. The molecule has 1 unspecified atom stereocenters. The molecule has 130 valence electrons. The van der Waals surface area contributed by atoms with Crippen LogP contribution in [0.4, 0.5) is 10.2 Å². The number of ether oxygens (including phenoxy) is 2. The van der Waals surface area contributed by atoms with Gasteiger partial charge in [0.05, 0.1) is 25.1 Å². The Morgan fingerprint density at radius 3 is 2.68 bits per heavy atom. The number of aromatic amines is 1. The van der Waals surface area contributed by atoms with Crippen molar-refractivity contribution in [2.24, 2.45) is 0 Å². The molecule has 3 N–H and O–H groups in total. The minimum absolute atomic E-state index is 0.236. The van der Waals surface area contributed by atoms with Crippen LogP contribution >= 0.6 is 0 Å². The van der Waals surface area contributed by atoms with Gasteiger partial charge in [0.1, 0.15) is 11.9 Å². The second-order valence-corrected chi connectivity index (χ2v) is 5.53. The molecule has 25 heavy (non-hydrogen) atoms. The molecule has 7 nitrogen and oxygen atoms in total. The molecule has 8 heteroatoms. The highest BCUT2D eigenvalue weighted by molar-refractivity contribution is 5.68. The smallest absolute Gasteiger partial charge is 0.220 e. The molecule has 3 heterocycles. The summed E-state index contributed by atoms with van der Waals surface area (Å²) in [5.41, 5.74) is 9.02. The van der Waals surface area contributed by atoms with Crippen LogP contribution in [-0.4, -0.2) is 27.3 Å². The van der Waals surface area contributed by atoms with Crippen molar-refractivity contribution in [2.75, 3.05) is 12.8 Å². The molecule has 0 saturated carbocycles. The maximum atomic E-state index is 13.5. The summed E-state index contributed by atoms with van der Waals surface area (Å²) in [6.45, 7) is 3.67. The summed E-state index contributed by atoms with van der Waals surface area (Å²) in [5.74, 6) is 0.444. The monoisotopic (exact) mass is 343 g/mol. The second-order valence-electron chi connectivity index (χ2n) is 5.53. The van der Waals surface area contributed by atoms with Gasteiger partial charge in [-0.2, -0.15) is 5.10 Å². The lowest BCUT2D eigenvalue weighted by atomic mass is 10.1. The molecule has 0 aliphatic carbocycles. The maximum absolute atomic E-state index is 13.5. The van der Waals surface area contributed by atoms with Crippen molar-refractivity contribution in [3.05, 3.63) is 47.8 Å². The number of halogens is 1. The molecule has 3 aromatic heterocycles. The lowest BCUT2D eigenvalue weighted by Crippen LogP contribution is -2.09. The first kappa shape index (κ1) is 16.7. The van der Waals surface area contributed by atoms with E-state index in [-0.39, 0.29) is 5.82 Å². The number of hydrogen-bond acceptors (Lipinski definition) is 6. The number of hydrogen-bond donors (Lipinski definition) is 2. The maximum Gasteiger partial charge on any atom is 0.220 e. The van der Waals surface area contributed by atoms with E-state index in [0.717, 1.165) is 23.0 Å². The fraction of sp³-hybridized carbons (Fsp3) is 0.235. The molecular formula is C17H18FN5O2. The van der Waals surface area contributed by atoms with E-state index in [1.165, 1.54) is 13.2 Å². The van der Waals surface area contributed by atoms with E-state index in [4.69, 9.17) is 15.2 Å². The summed E-state index contributed by atoms with van der Waals surface area (Å²) < 4.78 is 24.6. The Balaban J connectivity index is 1.93. The van der Waals surface area contributed by atoms with Crippen LogP contribution in [-0.2, 0) is 0 Å². The highest BCUT2D eigenvalue weighted by atomic mass is 19.1. The zero-order valence-electron chi connectivity index (χ0n) is 14.1. The normalized spacial score (nSPS) is 12.0. The first-order valence-corrected chi connectivity index (χ1v) is 7.61. The van der Waals surface area contributed by atoms with Gasteiger partial charge >= 0.3 is 0 Å². The van der Waals surface area contributed by atoms with Gasteiger partial charge in [-0.05, 0) is 26.0 Å². The first-order chi connectivity index (χ1) is 12.0. The molecular weight excluding hydrogens is 325 g/mol. The largest absolute Gasteiger partial charge is 0.482 e. The topological polar surface area (TPSA) is 98.9 Å². The molecule has 3 rings (SSSR count). The highest BCUT2D eigenvalue weighted by Gasteiger charge is 2.18. The van der Waals surface area contributed by atoms with E-state index in [1.54, 1.807) is 25.4 Å². The van der Waals surface area contributed by atoms with Gasteiger partial charge < -0.3 is 15.2 Å². The molecule has 3 aromatic rings. The Hall–Kier alpha value is -3.16. The number of aryl methyl sites for hydroxylation is 1. The zero-order chi connectivity index (χ0) is 18.0. The second kappa shape index (κ2) is 6.76. The van der Waals surface area contributed by atoms with Gasteiger partial charge in [-0.1, -0.05) is 0 Å². The summed E-state index contributed by atoms with van der Waals surface area (Å²) >= 11 is 0. The number of H-pyrrole nitrogens is 1. The van der Waals surface area contributed by atoms with Crippen LogP contribution in [0.25, 0.3) is 11.1 Å². The van der Waals surface area contributed by atoms with E-state index in [1.807, 2.05) is 6.92 Å². The molecule has 0 amide bonds. The number of rotatable bonds is 5. The van der Waals surface area contributed by atoms with Crippen molar-refractivity contribution in [1.82, 2.24) is 20.2 Å². The van der Waals surface area contributed by atoms with E-state index < -0.39 is 11.9 Å². The SMILES string of the molecule is COc1ncc(F)cc1C(C)Oc1cc(-c2cn[nH]c2C)cnc1N. The van der Waals surface area contributed by atoms with Crippen molar-refractivity contribution in [1.29, 1.82) is 0 Å². The fourth-order valence-electron chi connectivity index (χ4n) is 2.50. The standard InChI is InChI=1S/C17H18FN5O2/c1-9-14(8-22-23-9)11-4-15(16(19)20-6-11)25-10(2)13-5-12(18)7-21-17(13)24-3/h4-8,10H,1-3H3,(H2,19,20)(H,22,23). The Kier molecular flexibility index (Phi) is 4.51. The van der Waals surface area contributed by atoms with Gasteiger partial charge in [-0.25, -0.2) is 14.4 Å². The molecule has 0 fully saturated rings. The summed E-state index contributed by atoms with van der Waals surface area (Å²) in [6, 6.07) is 3.10. The van der Waals surface area contributed by atoms with E-state index in [9.17, 15) is 4.39 Å². The number of nitrogen functional groups attached to an aromatic ring is 1.